The molecule has 0 bridgehead atoms. The molecule has 1 aromatic rings. The molecule has 0 amide bonds. The minimum atomic E-state index is 0.169. The average Bonchev–Trinajstić information content (AvgIpc) is 2.30. The van der Waals surface area contributed by atoms with Crippen LogP contribution >= 0.6 is 0 Å². The Balaban J connectivity index is 2.35. The summed E-state index contributed by atoms with van der Waals surface area (Å²) in [6.07, 6.45) is 4.89. The maximum atomic E-state index is 4.05. The molecular weight excluding hydrogens is 198 g/mol. The van der Waals surface area contributed by atoms with Gasteiger partial charge in [0.25, 0.3) is 0 Å². The molecule has 0 unspecified atom stereocenters. The fourth-order valence-corrected chi connectivity index (χ4v) is 1.70. The molecule has 1 heterocycles. The lowest BCUT2D eigenvalue weighted by molar-refractivity contribution is 0.464. The Hall–Kier alpha value is -0.930. The van der Waals surface area contributed by atoms with E-state index in [1.165, 1.54) is 12.0 Å². The third-order valence-corrected chi connectivity index (χ3v) is 2.81. The fraction of sp³-hybridized carbons (Fsp3) is 0.615. The van der Waals surface area contributed by atoms with Crippen molar-refractivity contribution in [1.82, 2.24) is 15.6 Å². The van der Waals surface area contributed by atoms with Crippen molar-refractivity contribution in [1.29, 1.82) is 0 Å². The molecule has 0 radical (unpaired) electrons. The first-order valence-electron chi connectivity index (χ1n) is 5.92. The highest BCUT2D eigenvalue weighted by Crippen LogP contribution is 2.20. The van der Waals surface area contributed by atoms with E-state index in [4.69, 9.17) is 0 Å². The van der Waals surface area contributed by atoms with E-state index < -0.39 is 0 Å². The van der Waals surface area contributed by atoms with E-state index in [9.17, 15) is 0 Å². The highest BCUT2D eigenvalue weighted by molar-refractivity contribution is 5.20. The summed E-state index contributed by atoms with van der Waals surface area (Å²) in [4.78, 5) is 4.05. The van der Waals surface area contributed by atoms with Gasteiger partial charge in [0.1, 0.15) is 0 Å². The highest BCUT2D eigenvalue weighted by atomic mass is 14.9. The molecular formula is C13H23N3. The summed E-state index contributed by atoms with van der Waals surface area (Å²) in [5.41, 5.74) is 1.51. The van der Waals surface area contributed by atoms with Crippen LogP contribution in [0.25, 0.3) is 0 Å². The maximum Gasteiger partial charge on any atom is 0.0270 e. The Morgan fingerprint density at radius 1 is 1.19 bits per heavy atom. The minimum absolute atomic E-state index is 0.169. The van der Waals surface area contributed by atoms with Gasteiger partial charge in [-0.05, 0) is 44.3 Å². The summed E-state index contributed by atoms with van der Waals surface area (Å²) < 4.78 is 0. The van der Waals surface area contributed by atoms with E-state index in [2.05, 4.69) is 41.6 Å². The number of hydrogen-bond acceptors (Lipinski definition) is 3. The van der Waals surface area contributed by atoms with Crippen molar-refractivity contribution in [3.63, 3.8) is 0 Å². The summed E-state index contributed by atoms with van der Waals surface area (Å²) in [5, 5.41) is 6.65. The van der Waals surface area contributed by atoms with E-state index in [-0.39, 0.29) is 5.41 Å². The lowest BCUT2D eigenvalue weighted by atomic mass is 9.85. The van der Waals surface area contributed by atoms with E-state index in [1.807, 2.05) is 19.4 Å². The second kappa shape index (κ2) is 6.61. The second-order valence-corrected chi connectivity index (χ2v) is 4.75. The van der Waals surface area contributed by atoms with Crippen molar-refractivity contribution in [2.75, 3.05) is 26.7 Å². The molecule has 0 aliphatic heterocycles. The van der Waals surface area contributed by atoms with E-state index >= 15 is 0 Å². The molecule has 2 N–H and O–H groups in total. The minimum Gasteiger partial charge on any atom is -0.320 e. The third kappa shape index (κ3) is 4.29. The SMILES string of the molecule is CNCCCNCC(C)(C)c1ccncc1. The summed E-state index contributed by atoms with van der Waals surface area (Å²) in [6, 6.07) is 4.19. The predicted octanol–water partition coefficient (Wildman–Crippen LogP) is 1.56. The largest absolute Gasteiger partial charge is 0.320 e. The quantitative estimate of drug-likeness (QED) is 0.686. The smallest absolute Gasteiger partial charge is 0.0270 e. The van der Waals surface area contributed by atoms with Crippen LogP contribution in [-0.2, 0) is 5.41 Å². The Kier molecular flexibility index (Phi) is 5.43. The van der Waals surface area contributed by atoms with Crippen molar-refractivity contribution in [3.8, 4) is 0 Å². The Morgan fingerprint density at radius 2 is 1.88 bits per heavy atom. The predicted molar refractivity (Wildman–Crippen MR) is 68.7 cm³/mol. The lowest BCUT2D eigenvalue weighted by Gasteiger charge is -2.25. The number of aromatic nitrogens is 1. The van der Waals surface area contributed by atoms with Crippen molar-refractivity contribution < 1.29 is 0 Å². The molecule has 0 fully saturated rings. The summed E-state index contributed by atoms with van der Waals surface area (Å²) in [7, 11) is 1.99. The third-order valence-electron chi connectivity index (χ3n) is 2.81. The Morgan fingerprint density at radius 3 is 2.50 bits per heavy atom. The number of hydrogen-bond donors (Lipinski definition) is 2. The zero-order valence-electron chi connectivity index (χ0n) is 10.6. The monoisotopic (exact) mass is 221 g/mol. The van der Waals surface area contributed by atoms with Crippen LogP contribution in [0.3, 0.4) is 0 Å². The summed E-state index contributed by atoms with van der Waals surface area (Å²) in [5.74, 6) is 0. The van der Waals surface area contributed by atoms with Crippen LogP contribution in [0.4, 0.5) is 0 Å². The van der Waals surface area contributed by atoms with Crippen LogP contribution in [0.2, 0.25) is 0 Å². The number of nitrogens with one attached hydrogen (secondary N) is 2. The van der Waals surface area contributed by atoms with E-state index in [0.717, 1.165) is 19.6 Å². The first-order chi connectivity index (χ1) is 7.67. The van der Waals surface area contributed by atoms with Gasteiger partial charge in [-0.25, -0.2) is 0 Å². The van der Waals surface area contributed by atoms with Crippen LogP contribution in [0.1, 0.15) is 25.8 Å². The zero-order valence-corrected chi connectivity index (χ0v) is 10.6. The number of rotatable bonds is 7. The van der Waals surface area contributed by atoms with Gasteiger partial charge in [0, 0.05) is 24.4 Å². The maximum absolute atomic E-state index is 4.05. The molecule has 0 spiro atoms. The van der Waals surface area contributed by atoms with Gasteiger partial charge in [-0.3, -0.25) is 4.98 Å². The molecule has 90 valence electrons. The second-order valence-electron chi connectivity index (χ2n) is 4.75. The van der Waals surface area contributed by atoms with Crippen LogP contribution < -0.4 is 10.6 Å². The molecule has 0 aliphatic rings. The molecule has 0 saturated carbocycles. The lowest BCUT2D eigenvalue weighted by Crippen LogP contribution is -2.34. The molecule has 0 atom stereocenters. The van der Waals surface area contributed by atoms with Gasteiger partial charge in [0.2, 0.25) is 0 Å². The first kappa shape index (κ1) is 13.1. The highest BCUT2D eigenvalue weighted by Gasteiger charge is 2.19. The van der Waals surface area contributed by atoms with E-state index in [0.29, 0.717) is 0 Å². The van der Waals surface area contributed by atoms with Crippen LogP contribution in [0.5, 0.6) is 0 Å². The molecule has 16 heavy (non-hydrogen) atoms. The number of pyridine rings is 1. The van der Waals surface area contributed by atoms with Gasteiger partial charge in [-0.15, -0.1) is 0 Å². The molecule has 3 nitrogen and oxygen atoms in total. The molecule has 3 heteroatoms. The molecule has 1 rings (SSSR count). The van der Waals surface area contributed by atoms with Gasteiger partial charge in [-0.2, -0.15) is 0 Å². The average molecular weight is 221 g/mol. The van der Waals surface area contributed by atoms with E-state index in [1.54, 1.807) is 0 Å². The Bertz CT molecular complexity index is 282. The van der Waals surface area contributed by atoms with Gasteiger partial charge in [0.05, 0.1) is 0 Å². The Labute approximate surface area is 98.7 Å². The van der Waals surface area contributed by atoms with Crippen LogP contribution in [0, 0.1) is 0 Å². The van der Waals surface area contributed by atoms with Gasteiger partial charge in [-0.1, -0.05) is 13.8 Å². The van der Waals surface area contributed by atoms with Gasteiger partial charge >= 0.3 is 0 Å². The van der Waals surface area contributed by atoms with Gasteiger partial charge < -0.3 is 10.6 Å². The topological polar surface area (TPSA) is 37.0 Å². The molecule has 0 aliphatic carbocycles. The fourth-order valence-electron chi connectivity index (χ4n) is 1.70. The summed E-state index contributed by atoms with van der Waals surface area (Å²) in [6.45, 7) is 7.65. The molecule has 0 saturated heterocycles. The first-order valence-corrected chi connectivity index (χ1v) is 5.92. The van der Waals surface area contributed by atoms with Gasteiger partial charge in [0.15, 0.2) is 0 Å². The van der Waals surface area contributed by atoms with Crippen molar-refractivity contribution in [2.45, 2.75) is 25.7 Å². The molecule has 0 aromatic carbocycles. The zero-order chi connectivity index (χ0) is 11.9. The van der Waals surface area contributed by atoms with Crippen LogP contribution in [0.15, 0.2) is 24.5 Å². The van der Waals surface area contributed by atoms with Crippen molar-refractivity contribution in [3.05, 3.63) is 30.1 Å². The standard InChI is InChI=1S/C13H23N3/c1-13(2,11-16-8-4-7-14-3)12-5-9-15-10-6-12/h5-6,9-10,14,16H,4,7-8,11H2,1-3H3. The van der Waals surface area contributed by atoms with Crippen molar-refractivity contribution >= 4 is 0 Å². The summed E-state index contributed by atoms with van der Waals surface area (Å²) >= 11 is 0. The van der Waals surface area contributed by atoms with Crippen LogP contribution in [-0.4, -0.2) is 31.7 Å². The normalized spacial score (nSPS) is 11.7. The number of nitrogens with zero attached hydrogens (tertiary/aromatic N) is 1. The molecule has 1 aromatic heterocycles. The van der Waals surface area contributed by atoms with Crippen molar-refractivity contribution in [2.24, 2.45) is 0 Å².